The fourth-order valence-electron chi connectivity index (χ4n) is 2.74. The molecule has 5 nitrogen and oxygen atoms in total. The largest absolute Gasteiger partial charge is 0.382 e. The monoisotopic (exact) mass is 286 g/mol. The van der Waals surface area contributed by atoms with Gasteiger partial charge in [-0.2, -0.15) is 5.10 Å². The second-order valence-corrected chi connectivity index (χ2v) is 6.27. The van der Waals surface area contributed by atoms with E-state index < -0.39 is 5.60 Å². The molecule has 0 aliphatic carbocycles. The summed E-state index contributed by atoms with van der Waals surface area (Å²) < 4.78 is 1.84. The van der Waals surface area contributed by atoms with Crippen molar-refractivity contribution >= 4 is 11.6 Å². The predicted octanol–water partition coefficient (Wildman–Crippen LogP) is 1.01. The topological polar surface area (TPSA) is 44.5 Å². The van der Waals surface area contributed by atoms with Crippen LogP contribution < -0.4 is 0 Å². The first kappa shape index (κ1) is 14.8. The number of likely N-dealkylation sites (N-methyl/N-ethyl adjacent to an activating group) is 2. The van der Waals surface area contributed by atoms with Crippen LogP contribution in [0.1, 0.15) is 19.0 Å². The molecule has 1 N–H and O–H groups in total. The van der Waals surface area contributed by atoms with Gasteiger partial charge in [-0.1, -0.05) is 11.6 Å². The Hall–Kier alpha value is -0.620. The molecule has 2 unspecified atom stereocenters. The lowest BCUT2D eigenvalue weighted by molar-refractivity contribution is 0.0389. The molecule has 1 fully saturated rings. The minimum Gasteiger partial charge on any atom is -0.382 e. The Labute approximate surface area is 119 Å². The smallest absolute Gasteiger partial charge is 0.122 e. The van der Waals surface area contributed by atoms with Crippen LogP contribution in [-0.4, -0.2) is 65.0 Å². The van der Waals surface area contributed by atoms with E-state index >= 15 is 0 Å². The van der Waals surface area contributed by atoms with Crippen LogP contribution in [0.3, 0.4) is 0 Å². The Balaban J connectivity index is 2.26. The summed E-state index contributed by atoms with van der Waals surface area (Å²) in [7, 11) is 6.06. The van der Waals surface area contributed by atoms with E-state index in [1.54, 1.807) is 6.20 Å². The van der Waals surface area contributed by atoms with Crippen molar-refractivity contribution in [2.75, 3.05) is 34.2 Å². The van der Waals surface area contributed by atoms with E-state index in [0.717, 1.165) is 18.8 Å². The Morgan fingerprint density at radius 2 is 2.26 bits per heavy atom. The van der Waals surface area contributed by atoms with Gasteiger partial charge in [0.1, 0.15) is 5.60 Å². The zero-order chi connectivity index (χ0) is 14.2. The van der Waals surface area contributed by atoms with Crippen molar-refractivity contribution in [3.8, 4) is 0 Å². The molecule has 0 saturated carbocycles. The van der Waals surface area contributed by atoms with Crippen LogP contribution in [0.5, 0.6) is 0 Å². The number of β-amino-alcohol motifs (C(OH)–C–C–N with tert-alkyl or cyclic N) is 1. The summed E-state index contributed by atoms with van der Waals surface area (Å²) in [5.74, 6) is 0. The summed E-state index contributed by atoms with van der Waals surface area (Å²) in [6.07, 6.45) is 2.32. The second kappa shape index (κ2) is 5.40. The van der Waals surface area contributed by atoms with Gasteiger partial charge in [0, 0.05) is 19.1 Å². The van der Waals surface area contributed by atoms with E-state index in [0.29, 0.717) is 24.0 Å². The zero-order valence-electron chi connectivity index (χ0n) is 12.1. The van der Waals surface area contributed by atoms with Crippen LogP contribution in [0.25, 0.3) is 0 Å². The van der Waals surface area contributed by atoms with Crippen LogP contribution in [0.4, 0.5) is 0 Å². The molecule has 0 amide bonds. The van der Waals surface area contributed by atoms with Crippen molar-refractivity contribution in [3.63, 3.8) is 0 Å². The number of nitrogens with zero attached hydrogens (tertiary/aromatic N) is 4. The summed E-state index contributed by atoms with van der Waals surface area (Å²) in [5, 5.41) is 15.8. The molecule has 0 radical (unpaired) electrons. The van der Waals surface area contributed by atoms with E-state index in [1.165, 1.54) is 0 Å². The van der Waals surface area contributed by atoms with Crippen molar-refractivity contribution in [1.82, 2.24) is 19.6 Å². The summed E-state index contributed by atoms with van der Waals surface area (Å²) in [4.78, 5) is 4.24. The zero-order valence-corrected chi connectivity index (χ0v) is 12.9. The molecule has 0 aromatic carbocycles. The first-order chi connectivity index (χ1) is 8.83. The average molecular weight is 287 g/mol. The van der Waals surface area contributed by atoms with Crippen LogP contribution in [0.2, 0.25) is 5.02 Å². The number of likely N-dealkylation sites (tertiary alicyclic amines) is 1. The number of aliphatic hydroxyl groups is 1. The van der Waals surface area contributed by atoms with Gasteiger partial charge in [0.25, 0.3) is 0 Å². The van der Waals surface area contributed by atoms with Crippen LogP contribution >= 0.6 is 11.6 Å². The normalized spacial score (nSPS) is 28.5. The fourth-order valence-corrected chi connectivity index (χ4v) is 3.06. The minimum atomic E-state index is -0.895. The van der Waals surface area contributed by atoms with Gasteiger partial charge in [0.15, 0.2) is 0 Å². The Morgan fingerprint density at radius 1 is 1.58 bits per heavy atom. The number of halogens is 1. The highest BCUT2D eigenvalue weighted by molar-refractivity contribution is 6.31. The van der Waals surface area contributed by atoms with Gasteiger partial charge in [0.05, 0.1) is 23.5 Å². The van der Waals surface area contributed by atoms with Gasteiger partial charge in [-0.15, -0.1) is 0 Å². The standard InChI is InChI=1S/C13H23ClN4O/c1-10-7-13(19,9-17(10)4)12-11(14)8-15-18(12)6-5-16(2)3/h8,10,19H,5-7,9H2,1-4H3. The molecule has 108 valence electrons. The van der Waals surface area contributed by atoms with Crippen molar-refractivity contribution in [2.24, 2.45) is 0 Å². The molecule has 1 aromatic rings. The van der Waals surface area contributed by atoms with Crippen molar-refractivity contribution in [3.05, 3.63) is 16.9 Å². The maximum absolute atomic E-state index is 10.9. The third kappa shape index (κ3) is 2.94. The van der Waals surface area contributed by atoms with E-state index in [-0.39, 0.29) is 0 Å². The van der Waals surface area contributed by atoms with Crippen molar-refractivity contribution in [1.29, 1.82) is 0 Å². The van der Waals surface area contributed by atoms with Crippen molar-refractivity contribution < 1.29 is 5.11 Å². The molecule has 0 bridgehead atoms. The van der Waals surface area contributed by atoms with Gasteiger partial charge < -0.3 is 14.9 Å². The van der Waals surface area contributed by atoms with Crippen LogP contribution in [-0.2, 0) is 12.1 Å². The Morgan fingerprint density at radius 3 is 2.79 bits per heavy atom. The number of hydrogen-bond acceptors (Lipinski definition) is 4. The molecule has 2 rings (SSSR count). The summed E-state index contributed by atoms with van der Waals surface area (Å²) in [6, 6.07) is 0.346. The number of hydrogen-bond donors (Lipinski definition) is 1. The molecule has 19 heavy (non-hydrogen) atoms. The van der Waals surface area contributed by atoms with Gasteiger partial charge in [0.2, 0.25) is 0 Å². The van der Waals surface area contributed by atoms with Gasteiger partial charge in [-0.05, 0) is 34.5 Å². The van der Waals surface area contributed by atoms with Gasteiger partial charge >= 0.3 is 0 Å². The summed E-state index contributed by atoms with van der Waals surface area (Å²) in [6.45, 7) is 4.32. The molecule has 2 heterocycles. The van der Waals surface area contributed by atoms with Crippen molar-refractivity contribution in [2.45, 2.75) is 31.5 Å². The molecule has 0 spiro atoms. The second-order valence-electron chi connectivity index (χ2n) is 5.87. The average Bonchev–Trinajstić information content (AvgIpc) is 2.78. The Kier molecular flexibility index (Phi) is 4.20. The highest BCUT2D eigenvalue weighted by Gasteiger charge is 2.44. The lowest BCUT2D eigenvalue weighted by Gasteiger charge is -2.24. The van der Waals surface area contributed by atoms with Gasteiger partial charge in [-0.3, -0.25) is 4.68 Å². The first-order valence-corrected chi connectivity index (χ1v) is 7.00. The van der Waals surface area contributed by atoms with Crippen LogP contribution in [0, 0.1) is 0 Å². The SMILES string of the molecule is CC1CC(O)(c2c(Cl)cnn2CCN(C)C)CN1C. The van der Waals surface area contributed by atoms with E-state index in [9.17, 15) is 5.11 Å². The predicted molar refractivity (Wildman–Crippen MR) is 76.4 cm³/mol. The molecule has 2 atom stereocenters. The highest BCUT2D eigenvalue weighted by atomic mass is 35.5. The lowest BCUT2D eigenvalue weighted by atomic mass is 9.96. The molecular weight excluding hydrogens is 264 g/mol. The highest BCUT2D eigenvalue weighted by Crippen LogP contribution is 2.38. The van der Waals surface area contributed by atoms with Gasteiger partial charge in [-0.25, -0.2) is 0 Å². The minimum absolute atomic E-state index is 0.346. The van der Waals surface area contributed by atoms with E-state index in [1.807, 2.05) is 25.8 Å². The molecule has 1 aromatic heterocycles. The summed E-state index contributed by atoms with van der Waals surface area (Å²) in [5.41, 5.74) is -0.138. The lowest BCUT2D eigenvalue weighted by Crippen LogP contribution is -2.33. The number of aromatic nitrogens is 2. The fraction of sp³-hybridized carbons (Fsp3) is 0.769. The molecule has 1 aliphatic heterocycles. The van der Waals surface area contributed by atoms with E-state index in [4.69, 9.17) is 11.6 Å². The molecular formula is C13H23ClN4O. The molecule has 1 saturated heterocycles. The Bertz CT molecular complexity index is 436. The maximum atomic E-state index is 10.9. The van der Waals surface area contributed by atoms with E-state index in [2.05, 4.69) is 21.8 Å². The quantitative estimate of drug-likeness (QED) is 0.897. The molecule has 6 heteroatoms. The van der Waals surface area contributed by atoms with Crippen LogP contribution in [0.15, 0.2) is 6.20 Å². The third-order valence-corrected chi connectivity index (χ3v) is 4.17. The summed E-state index contributed by atoms with van der Waals surface area (Å²) >= 11 is 6.25. The third-order valence-electron chi connectivity index (χ3n) is 3.89. The first-order valence-electron chi connectivity index (χ1n) is 6.62. The molecule has 1 aliphatic rings. The maximum Gasteiger partial charge on any atom is 0.122 e. The number of rotatable bonds is 4.